The summed E-state index contributed by atoms with van der Waals surface area (Å²) in [4.78, 5) is 3.70. The predicted octanol–water partition coefficient (Wildman–Crippen LogP) is 1.64. The molecule has 0 aliphatic carbocycles. The Bertz CT molecular complexity index is 296. The maximum Gasteiger partial charge on any atom is 0.131 e. The van der Waals surface area contributed by atoms with Gasteiger partial charge in [-0.25, -0.2) is 4.39 Å². The van der Waals surface area contributed by atoms with Gasteiger partial charge >= 0.3 is 0 Å². The number of aliphatic imine (C=N–C) groups is 1. The van der Waals surface area contributed by atoms with Gasteiger partial charge in [0.25, 0.3) is 0 Å². The number of allylic oxidation sites excluding steroid dienone is 5. The monoisotopic (exact) mass is 197 g/mol. The second kappa shape index (κ2) is 5.96. The van der Waals surface area contributed by atoms with Crippen molar-refractivity contribution >= 4 is 6.21 Å². The third-order valence-electron chi connectivity index (χ3n) is 1.56. The van der Waals surface area contributed by atoms with E-state index in [4.69, 9.17) is 11.5 Å². The molecule has 0 aromatic heterocycles. The number of nitrogens with zero attached hydrogens (tertiary/aromatic N) is 1. The molecule has 0 aromatic carbocycles. The molecule has 3 nitrogen and oxygen atoms in total. The van der Waals surface area contributed by atoms with Gasteiger partial charge in [0.1, 0.15) is 6.67 Å². The van der Waals surface area contributed by atoms with Gasteiger partial charge in [-0.2, -0.15) is 0 Å². The number of alkyl halides is 1. The summed E-state index contributed by atoms with van der Waals surface area (Å²) in [5, 5.41) is 0. The van der Waals surface area contributed by atoms with Crippen LogP contribution in [-0.4, -0.2) is 12.9 Å². The van der Waals surface area contributed by atoms with Crippen molar-refractivity contribution in [2.24, 2.45) is 16.5 Å². The van der Waals surface area contributed by atoms with E-state index >= 15 is 0 Å². The molecule has 0 fully saturated rings. The number of rotatable bonds is 4. The highest BCUT2D eigenvalue weighted by Gasteiger charge is 1.90. The van der Waals surface area contributed by atoms with Crippen molar-refractivity contribution in [2.75, 3.05) is 6.67 Å². The van der Waals surface area contributed by atoms with Crippen LogP contribution in [0.15, 0.2) is 40.3 Å². The van der Waals surface area contributed by atoms with E-state index < -0.39 is 6.67 Å². The molecule has 0 aromatic rings. The lowest BCUT2D eigenvalue weighted by Gasteiger charge is -1.97. The van der Waals surface area contributed by atoms with Gasteiger partial charge < -0.3 is 11.5 Å². The second-order valence-electron chi connectivity index (χ2n) is 2.97. The minimum absolute atomic E-state index is 0.146. The van der Waals surface area contributed by atoms with Gasteiger partial charge in [-0.15, -0.1) is 0 Å². The minimum atomic E-state index is -0.672. The first-order valence-corrected chi connectivity index (χ1v) is 4.15. The van der Waals surface area contributed by atoms with Crippen LogP contribution in [0.5, 0.6) is 0 Å². The molecule has 0 spiro atoms. The highest BCUT2D eigenvalue weighted by atomic mass is 19.1. The van der Waals surface area contributed by atoms with Crippen LogP contribution in [0.25, 0.3) is 0 Å². The Morgan fingerprint density at radius 3 is 2.43 bits per heavy atom. The van der Waals surface area contributed by atoms with Crippen LogP contribution in [-0.2, 0) is 0 Å². The van der Waals surface area contributed by atoms with Crippen molar-refractivity contribution in [3.63, 3.8) is 0 Å². The van der Waals surface area contributed by atoms with E-state index in [1.807, 2.05) is 6.92 Å². The molecule has 0 saturated carbocycles. The van der Waals surface area contributed by atoms with E-state index in [9.17, 15) is 4.39 Å². The molecule has 14 heavy (non-hydrogen) atoms. The number of nitrogens with two attached hydrogens (primary N) is 2. The highest BCUT2D eigenvalue weighted by Crippen LogP contribution is 2.00. The van der Waals surface area contributed by atoms with Crippen LogP contribution < -0.4 is 11.5 Å². The molecule has 0 unspecified atom stereocenters. The van der Waals surface area contributed by atoms with Crippen LogP contribution in [0.4, 0.5) is 4.39 Å². The molecule has 0 aliphatic heterocycles. The summed E-state index contributed by atoms with van der Waals surface area (Å²) in [5.74, 6) is 0. The Kier molecular flexibility index (Phi) is 5.29. The van der Waals surface area contributed by atoms with E-state index in [1.54, 1.807) is 13.0 Å². The van der Waals surface area contributed by atoms with Gasteiger partial charge in [0, 0.05) is 5.70 Å². The van der Waals surface area contributed by atoms with E-state index in [-0.39, 0.29) is 5.70 Å². The Hall–Kier alpha value is -1.58. The summed E-state index contributed by atoms with van der Waals surface area (Å²) in [6, 6.07) is 0. The van der Waals surface area contributed by atoms with Crippen molar-refractivity contribution < 1.29 is 4.39 Å². The average molecular weight is 197 g/mol. The largest absolute Gasteiger partial charge is 0.402 e. The molecule has 0 rings (SSSR count). The van der Waals surface area contributed by atoms with Gasteiger partial charge in [0.15, 0.2) is 0 Å². The Labute approximate surface area is 83.7 Å². The van der Waals surface area contributed by atoms with Gasteiger partial charge in [-0.05, 0) is 25.5 Å². The molecular weight excluding hydrogens is 181 g/mol. The normalized spacial score (nSPS) is 14.4. The topological polar surface area (TPSA) is 64.4 Å². The average Bonchev–Trinajstić information content (AvgIpc) is 2.13. The molecule has 0 saturated heterocycles. The van der Waals surface area contributed by atoms with Crippen molar-refractivity contribution in [1.82, 2.24) is 0 Å². The first kappa shape index (κ1) is 12.4. The van der Waals surface area contributed by atoms with Crippen molar-refractivity contribution in [1.29, 1.82) is 0 Å². The zero-order chi connectivity index (χ0) is 11.1. The van der Waals surface area contributed by atoms with Gasteiger partial charge in [-0.1, -0.05) is 6.58 Å². The quantitative estimate of drug-likeness (QED) is 0.531. The lowest BCUT2D eigenvalue weighted by molar-refractivity contribution is 0.542. The molecule has 0 amide bonds. The molecule has 4 heteroatoms. The Balaban J connectivity index is 4.50. The van der Waals surface area contributed by atoms with E-state index in [1.165, 1.54) is 6.21 Å². The molecular formula is C10H16FN3. The maximum atomic E-state index is 11.9. The van der Waals surface area contributed by atoms with Crippen LogP contribution in [0, 0.1) is 0 Å². The molecule has 0 bridgehead atoms. The summed E-state index contributed by atoms with van der Waals surface area (Å²) >= 11 is 0. The minimum Gasteiger partial charge on any atom is -0.402 e. The first-order valence-electron chi connectivity index (χ1n) is 4.15. The van der Waals surface area contributed by atoms with Crippen molar-refractivity contribution in [2.45, 2.75) is 13.8 Å². The predicted molar refractivity (Wildman–Crippen MR) is 58.4 cm³/mol. The van der Waals surface area contributed by atoms with Gasteiger partial charge in [0.05, 0.1) is 17.6 Å². The van der Waals surface area contributed by atoms with Crippen LogP contribution in [0.1, 0.15) is 13.8 Å². The van der Waals surface area contributed by atoms with Gasteiger partial charge in [0.2, 0.25) is 0 Å². The molecule has 0 heterocycles. The fraction of sp³-hybridized carbons (Fsp3) is 0.300. The molecule has 0 aliphatic rings. The first-order chi connectivity index (χ1) is 6.47. The fourth-order valence-electron chi connectivity index (χ4n) is 0.601. The van der Waals surface area contributed by atoms with Crippen LogP contribution in [0.3, 0.4) is 0 Å². The Morgan fingerprint density at radius 1 is 1.43 bits per heavy atom. The molecule has 0 atom stereocenters. The molecule has 78 valence electrons. The highest BCUT2D eigenvalue weighted by molar-refractivity contribution is 5.78. The zero-order valence-electron chi connectivity index (χ0n) is 8.55. The summed E-state index contributed by atoms with van der Waals surface area (Å²) in [7, 11) is 0. The standard InChI is InChI=1S/C10H16FN3/c1-7(9(3)12)4-10(13)6-14-8(2)5-11/h4,6H,2,5,12-13H2,1,3H3. The molecule has 4 N–H and O–H groups in total. The van der Waals surface area contributed by atoms with Crippen molar-refractivity contribution in [3.8, 4) is 0 Å². The van der Waals surface area contributed by atoms with Crippen LogP contribution in [0.2, 0.25) is 0 Å². The summed E-state index contributed by atoms with van der Waals surface area (Å²) in [6.45, 7) is 6.30. The Morgan fingerprint density at radius 2 is 2.00 bits per heavy atom. The zero-order valence-corrected chi connectivity index (χ0v) is 8.55. The third-order valence-corrected chi connectivity index (χ3v) is 1.56. The summed E-state index contributed by atoms with van der Waals surface area (Å²) < 4.78 is 11.9. The van der Waals surface area contributed by atoms with Gasteiger partial charge in [-0.3, -0.25) is 4.99 Å². The van der Waals surface area contributed by atoms with E-state index in [2.05, 4.69) is 11.6 Å². The summed E-state index contributed by atoms with van der Waals surface area (Å²) in [5.41, 5.74) is 13.2. The number of hydrogen-bond acceptors (Lipinski definition) is 3. The number of hydrogen-bond donors (Lipinski definition) is 2. The second-order valence-corrected chi connectivity index (χ2v) is 2.97. The molecule has 0 radical (unpaired) electrons. The SMILES string of the molecule is C=C(CF)N=CC(N)=CC(C)=C(C)N. The summed E-state index contributed by atoms with van der Waals surface area (Å²) in [6.07, 6.45) is 3.03. The lowest BCUT2D eigenvalue weighted by atomic mass is 10.2. The van der Waals surface area contributed by atoms with E-state index in [0.717, 1.165) is 5.57 Å². The smallest absolute Gasteiger partial charge is 0.131 e. The van der Waals surface area contributed by atoms with Crippen molar-refractivity contribution in [3.05, 3.63) is 35.3 Å². The van der Waals surface area contributed by atoms with E-state index in [0.29, 0.717) is 11.4 Å². The fourth-order valence-corrected chi connectivity index (χ4v) is 0.601. The maximum absolute atomic E-state index is 11.9. The lowest BCUT2D eigenvalue weighted by Crippen LogP contribution is -2.01. The van der Waals surface area contributed by atoms with Crippen LogP contribution >= 0.6 is 0 Å². The number of halogens is 1. The third kappa shape index (κ3) is 5.13.